The first kappa shape index (κ1) is 15.1. The van der Waals surface area contributed by atoms with E-state index < -0.39 is 4.92 Å². The Balaban J connectivity index is 2.48. The second-order valence-electron chi connectivity index (χ2n) is 4.50. The highest BCUT2D eigenvalue weighted by atomic mass is 16.6. The number of hydrogen-bond donors (Lipinski definition) is 1. The number of nitro groups is 1. The number of nitro benzene ring substituents is 1. The molecular formula is C13H16N4O4. The van der Waals surface area contributed by atoms with Crippen molar-refractivity contribution in [3.63, 3.8) is 0 Å². The molecule has 0 aliphatic carbocycles. The van der Waals surface area contributed by atoms with Gasteiger partial charge < -0.3 is 14.4 Å². The molecule has 0 atom stereocenters. The Kier molecular flexibility index (Phi) is 4.61. The molecular weight excluding hydrogens is 276 g/mol. The van der Waals surface area contributed by atoms with Crippen LogP contribution in [0.15, 0.2) is 18.2 Å². The van der Waals surface area contributed by atoms with Crippen LogP contribution in [0, 0.1) is 17.0 Å². The lowest BCUT2D eigenvalue weighted by atomic mass is 10.1. The average Bonchev–Trinajstić information content (AvgIpc) is 2.88. The molecule has 8 heteroatoms. The van der Waals surface area contributed by atoms with E-state index in [4.69, 9.17) is 4.74 Å². The molecule has 0 saturated carbocycles. The molecule has 1 aromatic heterocycles. The zero-order chi connectivity index (χ0) is 15.4. The van der Waals surface area contributed by atoms with Crippen LogP contribution in [-0.4, -0.2) is 38.5 Å². The summed E-state index contributed by atoms with van der Waals surface area (Å²) in [6.07, 6.45) is 0. The number of nitrogens with zero attached hydrogens (tertiary/aromatic N) is 4. The maximum Gasteiger partial charge on any atom is 0.273 e. The van der Waals surface area contributed by atoms with Gasteiger partial charge in [0.25, 0.3) is 5.69 Å². The van der Waals surface area contributed by atoms with E-state index in [9.17, 15) is 15.2 Å². The first-order valence-electron chi connectivity index (χ1n) is 6.35. The van der Waals surface area contributed by atoms with Crippen LogP contribution in [0.3, 0.4) is 0 Å². The zero-order valence-corrected chi connectivity index (χ0v) is 11.8. The Morgan fingerprint density at radius 2 is 2.19 bits per heavy atom. The van der Waals surface area contributed by atoms with Crippen LogP contribution in [-0.2, 0) is 17.9 Å². The highest BCUT2D eigenvalue weighted by Gasteiger charge is 2.17. The topological polar surface area (TPSA) is 103 Å². The molecule has 0 spiro atoms. The van der Waals surface area contributed by atoms with Gasteiger partial charge in [-0.2, -0.15) is 0 Å². The van der Waals surface area contributed by atoms with Crippen LogP contribution < -0.4 is 0 Å². The zero-order valence-electron chi connectivity index (χ0n) is 11.8. The quantitative estimate of drug-likeness (QED) is 0.635. The van der Waals surface area contributed by atoms with Crippen molar-refractivity contribution >= 4 is 5.69 Å². The molecule has 0 fully saturated rings. The van der Waals surface area contributed by atoms with Crippen molar-refractivity contribution in [2.75, 3.05) is 13.7 Å². The molecule has 1 N–H and O–H groups in total. The standard InChI is InChI=1S/C13H16N4O4/c1-9-3-4-10(7-11(9)17(19)20)13-15-14-12(8-18)16(13)5-6-21-2/h3-4,7,18H,5-6,8H2,1-2H3. The van der Waals surface area contributed by atoms with Gasteiger partial charge in [-0.25, -0.2) is 0 Å². The second kappa shape index (κ2) is 6.42. The van der Waals surface area contributed by atoms with E-state index in [1.165, 1.54) is 6.07 Å². The van der Waals surface area contributed by atoms with Gasteiger partial charge in [-0.05, 0) is 6.92 Å². The number of aryl methyl sites for hydroxylation is 1. The van der Waals surface area contributed by atoms with E-state index >= 15 is 0 Å². The first-order valence-corrected chi connectivity index (χ1v) is 6.35. The number of aliphatic hydroxyl groups is 1. The molecule has 1 heterocycles. The monoisotopic (exact) mass is 292 g/mol. The molecule has 0 saturated heterocycles. The largest absolute Gasteiger partial charge is 0.388 e. The van der Waals surface area contributed by atoms with Gasteiger partial charge in [0.1, 0.15) is 6.61 Å². The van der Waals surface area contributed by atoms with Gasteiger partial charge in [-0.15, -0.1) is 10.2 Å². The van der Waals surface area contributed by atoms with Gasteiger partial charge >= 0.3 is 0 Å². The van der Waals surface area contributed by atoms with Gasteiger partial charge in [0.05, 0.1) is 11.5 Å². The van der Waals surface area contributed by atoms with E-state index in [2.05, 4.69) is 10.2 Å². The van der Waals surface area contributed by atoms with Crippen molar-refractivity contribution < 1.29 is 14.8 Å². The number of ether oxygens (including phenoxy) is 1. The molecule has 2 rings (SSSR count). The van der Waals surface area contributed by atoms with Gasteiger partial charge in [-0.1, -0.05) is 12.1 Å². The molecule has 0 aliphatic rings. The van der Waals surface area contributed by atoms with Crippen LogP contribution in [0.4, 0.5) is 5.69 Å². The van der Waals surface area contributed by atoms with Gasteiger partial charge in [-0.3, -0.25) is 10.1 Å². The molecule has 2 aromatic rings. The van der Waals surface area contributed by atoms with Crippen molar-refractivity contribution in [1.82, 2.24) is 14.8 Å². The minimum absolute atomic E-state index is 0.0272. The van der Waals surface area contributed by atoms with Crippen molar-refractivity contribution in [2.24, 2.45) is 0 Å². The predicted octanol–water partition coefficient (Wildman–Crippen LogP) is 1.30. The molecule has 1 aromatic carbocycles. The summed E-state index contributed by atoms with van der Waals surface area (Å²) in [5.74, 6) is 0.865. The lowest BCUT2D eigenvalue weighted by molar-refractivity contribution is -0.385. The number of hydrogen-bond acceptors (Lipinski definition) is 6. The normalized spacial score (nSPS) is 10.8. The third kappa shape index (κ3) is 3.06. The summed E-state index contributed by atoms with van der Waals surface area (Å²) >= 11 is 0. The summed E-state index contributed by atoms with van der Waals surface area (Å²) < 4.78 is 6.71. The maximum absolute atomic E-state index is 11.0. The molecule has 21 heavy (non-hydrogen) atoms. The predicted molar refractivity (Wildman–Crippen MR) is 74.6 cm³/mol. The van der Waals surface area contributed by atoms with Gasteiger partial charge in [0, 0.05) is 30.8 Å². The van der Waals surface area contributed by atoms with E-state index in [1.807, 2.05) is 0 Å². The molecule has 0 aliphatic heterocycles. The lowest BCUT2D eigenvalue weighted by Crippen LogP contribution is -2.10. The number of rotatable bonds is 6. The Morgan fingerprint density at radius 3 is 2.81 bits per heavy atom. The van der Waals surface area contributed by atoms with Crippen molar-refractivity contribution in [3.8, 4) is 11.4 Å². The molecule has 112 valence electrons. The Labute approximate surface area is 121 Å². The summed E-state index contributed by atoms with van der Waals surface area (Å²) in [5.41, 5.74) is 1.18. The Bertz CT molecular complexity index is 654. The van der Waals surface area contributed by atoms with Crippen molar-refractivity contribution in [1.29, 1.82) is 0 Å². The summed E-state index contributed by atoms with van der Waals surface area (Å²) in [4.78, 5) is 10.6. The minimum atomic E-state index is -0.429. The van der Waals surface area contributed by atoms with Gasteiger partial charge in [0.15, 0.2) is 11.6 Å². The van der Waals surface area contributed by atoms with Crippen LogP contribution in [0.5, 0.6) is 0 Å². The fraction of sp³-hybridized carbons (Fsp3) is 0.385. The summed E-state index contributed by atoms with van der Waals surface area (Å²) in [6, 6.07) is 4.88. The molecule has 0 amide bonds. The third-order valence-corrected chi connectivity index (χ3v) is 3.15. The number of methoxy groups -OCH3 is 1. The molecule has 0 bridgehead atoms. The highest BCUT2D eigenvalue weighted by molar-refractivity contribution is 5.61. The first-order chi connectivity index (χ1) is 10.1. The molecule has 0 radical (unpaired) electrons. The average molecular weight is 292 g/mol. The Hall–Kier alpha value is -2.32. The molecule has 8 nitrogen and oxygen atoms in total. The van der Waals surface area contributed by atoms with E-state index in [0.717, 1.165) is 0 Å². The van der Waals surface area contributed by atoms with Crippen molar-refractivity contribution in [3.05, 3.63) is 39.7 Å². The van der Waals surface area contributed by atoms with Crippen LogP contribution in [0.2, 0.25) is 0 Å². The van der Waals surface area contributed by atoms with E-state index in [1.54, 1.807) is 30.7 Å². The summed E-state index contributed by atoms with van der Waals surface area (Å²) in [5, 5.41) is 28.2. The number of aromatic nitrogens is 3. The second-order valence-corrected chi connectivity index (χ2v) is 4.50. The fourth-order valence-electron chi connectivity index (χ4n) is 2.03. The van der Waals surface area contributed by atoms with E-state index in [-0.39, 0.29) is 12.3 Å². The summed E-state index contributed by atoms with van der Waals surface area (Å²) in [6.45, 7) is 2.30. The lowest BCUT2D eigenvalue weighted by Gasteiger charge is -2.09. The maximum atomic E-state index is 11.0. The number of benzene rings is 1. The van der Waals surface area contributed by atoms with E-state index in [0.29, 0.717) is 35.9 Å². The SMILES string of the molecule is COCCn1c(CO)nnc1-c1ccc(C)c([N+](=O)[O-])c1. The fourth-order valence-corrected chi connectivity index (χ4v) is 2.03. The molecule has 0 unspecified atom stereocenters. The number of aliphatic hydroxyl groups excluding tert-OH is 1. The van der Waals surface area contributed by atoms with Crippen LogP contribution in [0.25, 0.3) is 11.4 Å². The van der Waals surface area contributed by atoms with Crippen LogP contribution in [0.1, 0.15) is 11.4 Å². The summed E-state index contributed by atoms with van der Waals surface area (Å²) in [7, 11) is 1.57. The van der Waals surface area contributed by atoms with Crippen LogP contribution >= 0.6 is 0 Å². The van der Waals surface area contributed by atoms with Crippen molar-refractivity contribution in [2.45, 2.75) is 20.1 Å². The highest BCUT2D eigenvalue weighted by Crippen LogP contribution is 2.26. The minimum Gasteiger partial charge on any atom is -0.388 e. The van der Waals surface area contributed by atoms with Gasteiger partial charge in [0.2, 0.25) is 0 Å². The smallest absolute Gasteiger partial charge is 0.273 e. The third-order valence-electron chi connectivity index (χ3n) is 3.15. The Morgan fingerprint density at radius 1 is 1.43 bits per heavy atom.